The molecule has 2 amide bonds. The van der Waals surface area contributed by atoms with Gasteiger partial charge in [0, 0.05) is 31.6 Å². The maximum absolute atomic E-state index is 12.4. The van der Waals surface area contributed by atoms with Crippen molar-refractivity contribution in [1.29, 1.82) is 0 Å². The normalized spacial score (nSPS) is 10.5. The number of aromatic nitrogens is 2. The highest BCUT2D eigenvalue weighted by Gasteiger charge is 2.07. The zero-order chi connectivity index (χ0) is 20.6. The molecule has 0 bridgehead atoms. The van der Waals surface area contributed by atoms with E-state index in [0.717, 1.165) is 0 Å². The van der Waals surface area contributed by atoms with Gasteiger partial charge in [-0.05, 0) is 36.4 Å². The zero-order valence-corrected chi connectivity index (χ0v) is 16.1. The summed E-state index contributed by atoms with van der Waals surface area (Å²) in [5, 5.41) is 5.98. The molecule has 8 heteroatoms. The third-order valence-electron chi connectivity index (χ3n) is 4.40. The summed E-state index contributed by atoms with van der Waals surface area (Å²) in [4.78, 5) is 40.7. The first-order valence-corrected chi connectivity index (χ1v) is 9.21. The van der Waals surface area contributed by atoms with Crippen LogP contribution in [0.5, 0.6) is 5.75 Å². The highest BCUT2D eigenvalue weighted by molar-refractivity contribution is 5.94. The van der Waals surface area contributed by atoms with Crippen LogP contribution in [-0.2, 0) is 11.3 Å². The van der Waals surface area contributed by atoms with Crippen molar-refractivity contribution in [2.45, 2.75) is 13.0 Å². The lowest BCUT2D eigenvalue weighted by Gasteiger charge is -2.09. The van der Waals surface area contributed by atoms with Gasteiger partial charge in [-0.25, -0.2) is 4.98 Å². The smallest absolute Gasteiger partial charge is 0.261 e. The second-order valence-electron chi connectivity index (χ2n) is 6.34. The Hall–Kier alpha value is -3.68. The average molecular weight is 394 g/mol. The number of amides is 2. The highest BCUT2D eigenvalue weighted by Crippen LogP contribution is 2.10. The molecule has 1 aromatic heterocycles. The minimum Gasteiger partial charge on any atom is -0.497 e. The molecule has 0 aliphatic heterocycles. The van der Waals surface area contributed by atoms with Gasteiger partial charge in [0.1, 0.15) is 5.75 Å². The summed E-state index contributed by atoms with van der Waals surface area (Å²) < 4.78 is 6.48. The lowest BCUT2D eigenvalue weighted by Crippen LogP contribution is -2.35. The van der Waals surface area contributed by atoms with E-state index in [1.807, 2.05) is 6.07 Å². The van der Waals surface area contributed by atoms with Crippen LogP contribution in [0.25, 0.3) is 10.9 Å². The number of nitrogens with zero attached hydrogens (tertiary/aromatic N) is 2. The van der Waals surface area contributed by atoms with Crippen molar-refractivity contribution in [2.24, 2.45) is 0 Å². The Morgan fingerprint density at radius 3 is 2.52 bits per heavy atom. The van der Waals surface area contributed by atoms with Gasteiger partial charge in [-0.15, -0.1) is 0 Å². The lowest BCUT2D eigenvalue weighted by molar-refractivity contribution is -0.121. The zero-order valence-electron chi connectivity index (χ0n) is 16.1. The SMILES string of the molecule is COc1ccc(C(=O)NCCNC(=O)CCn2cnc3ccccc3c2=O)cc1. The van der Waals surface area contributed by atoms with E-state index in [-0.39, 0.29) is 30.3 Å². The van der Waals surface area contributed by atoms with Crippen molar-refractivity contribution >= 4 is 22.7 Å². The maximum Gasteiger partial charge on any atom is 0.261 e. The number of rotatable bonds is 8. The monoisotopic (exact) mass is 394 g/mol. The van der Waals surface area contributed by atoms with Crippen LogP contribution in [0, 0.1) is 0 Å². The molecule has 0 spiro atoms. The largest absolute Gasteiger partial charge is 0.497 e. The molecule has 2 N–H and O–H groups in total. The number of nitrogens with one attached hydrogen (secondary N) is 2. The van der Waals surface area contributed by atoms with E-state index in [2.05, 4.69) is 15.6 Å². The number of aryl methyl sites for hydroxylation is 1. The molecule has 1 heterocycles. The topological polar surface area (TPSA) is 102 Å². The Labute approximate surface area is 167 Å². The molecule has 3 rings (SSSR count). The van der Waals surface area contributed by atoms with E-state index >= 15 is 0 Å². The molecule has 0 aliphatic rings. The average Bonchev–Trinajstić information content (AvgIpc) is 2.76. The van der Waals surface area contributed by atoms with E-state index in [1.54, 1.807) is 49.6 Å². The molecule has 0 atom stereocenters. The van der Waals surface area contributed by atoms with Crippen LogP contribution in [0.1, 0.15) is 16.8 Å². The van der Waals surface area contributed by atoms with Crippen LogP contribution in [0.15, 0.2) is 59.7 Å². The molecule has 0 aliphatic carbocycles. The Kier molecular flexibility index (Phi) is 6.57. The number of hydrogen-bond donors (Lipinski definition) is 2. The van der Waals surface area contributed by atoms with Crippen molar-refractivity contribution < 1.29 is 14.3 Å². The summed E-state index contributed by atoms with van der Waals surface area (Å²) in [5.41, 5.74) is 0.973. The number of ether oxygens (including phenoxy) is 1. The second kappa shape index (κ2) is 9.50. The Morgan fingerprint density at radius 1 is 1.03 bits per heavy atom. The fraction of sp³-hybridized carbons (Fsp3) is 0.238. The van der Waals surface area contributed by atoms with E-state index in [1.165, 1.54) is 10.9 Å². The molecular formula is C21H22N4O4. The first kappa shape index (κ1) is 20.1. The van der Waals surface area contributed by atoms with Gasteiger partial charge in [-0.3, -0.25) is 19.0 Å². The second-order valence-corrected chi connectivity index (χ2v) is 6.34. The van der Waals surface area contributed by atoms with E-state index in [0.29, 0.717) is 35.3 Å². The van der Waals surface area contributed by atoms with Gasteiger partial charge in [-0.2, -0.15) is 0 Å². The Bertz CT molecular complexity index is 1060. The van der Waals surface area contributed by atoms with Gasteiger partial charge in [0.2, 0.25) is 5.91 Å². The quantitative estimate of drug-likeness (QED) is 0.562. The van der Waals surface area contributed by atoms with Crippen molar-refractivity contribution in [3.05, 3.63) is 70.8 Å². The maximum atomic E-state index is 12.4. The number of benzene rings is 2. The first-order chi connectivity index (χ1) is 14.1. The van der Waals surface area contributed by atoms with Crippen molar-refractivity contribution in [1.82, 2.24) is 20.2 Å². The third-order valence-corrected chi connectivity index (χ3v) is 4.40. The van der Waals surface area contributed by atoms with Gasteiger partial charge in [0.05, 0.1) is 24.3 Å². The molecule has 0 fully saturated rings. The molecule has 0 radical (unpaired) electrons. The molecule has 3 aromatic rings. The summed E-state index contributed by atoms with van der Waals surface area (Å²) in [5.74, 6) is 0.244. The molecule has 0 saturated heterocycles. The third kappa shape index (κ3) is 5.19. The van der Waals surface area contributed by atoms with Gasteiger partial charge >= 0.3 is 0 Å². The van der Waals surface area contributed by atoms with E-state index < -0.39 is 0 Å². The fourth-order valence-corrected chi connectivity index (χ4v) is 2.80. The van der Waals surface area contributed by atoms with Crippen LogP contribution >= 0.6 is 0 Å². The van der Waals surface area contributed by atoms with Crippen molar-refractivity contribution in [2.75, 3.05) is 20.2 Å². The van der Waals surface area contributed by atoms with Gasteiger partial charge in [0.15, 0.2) is 0 Å². The molecule has 29 heavy (non-hydrogen) atoms. The number of hydrogen-bond acceptors (Lipinski definition) is 5. The number of carbonyl (C=O) groups is 2. The number of carbonyl (C=O) groups excluding carboxylic acids is 2. The predicted molar refractivity (Wildman–Crippen MR) is 109 cm³/mol. The first-order valence-electron chi connectivity index (χ1n) is 9.21. The number of fused-ring (bicyclic) bond motifs is 1. The Morgan fingerprint density at radius 2 is 1.76 bits per heavy atom. The summed E-state index contributed by atoms with van der Waals surface area (Å²) >= 11 is 0. The van der Waals surface area contributed by atoms with Gasteiger partial charge in [0.25, 0.3) is 11.5 Å². The van der Waals surface area contributed by atoms with Crippen molar-refractivity contribution in [3.63, 3.8) is 0 Å². The van der Waals surface area contributed by atoms with Crippen LogP contribution < -0.4 is 20.9 Å². The van der Waals surface area contributed by atoms with Crippen LogP contribution in [0.3, 0.4) is 0 Å². The summed E-state index contributed by atoms with van der Waals surface area (Å²) in [6, 6.07) is 13.8. The van der Waals surface area contributed by atoms with E-state index in [9.17, 15) is 14.4 Å². The van der Waals surface area contributed by atoms with Crippen molar-refractivity contribution in [3.8, 4) is 5.75 Å². The highest BCUT2D eigenvalue weighted by atomic mass is 16.5. The fourth-order valence-electron chi connectivity index (χ4n) is 2.80. The van der Waals surface area contributed by atoms with E-state index in [4.69, 9.17) is 4.74 Å². The van der Waals surface area contributed by atoms with Gasteiger partial charge in [-0.1, -0.05) is 12.1 Å². The minimum atomic E-state index is -0.226. The summed E-state index contributed by atoms with van der Waals surface area (Å²) in [6.07, 6.45) is 1.60. The summed E-state index contributed by atoms with van der Waals surface area (Å²) in [6.45, 7) is 0.834. The number of methoxy groups -OCH3 is 1. The summed E-state index contributed by atoms with van der Waals surface area (Å²) in [7, 11) is 1.56. The van der Waals surface area contributed by atoms with Crippen LogP contribution in [0.2, 0.25) is 0 Å². The molecule has 0 saturated carbocycles. The Balaban J connectivity index is 1.41. The van der Waals surface area contributed by atoms with Gasteiger partial charge < -0.3 is 15.4 Å². The molecule has 2 aromatic carbocycles. The van der Waals surface area contributed by atoms with Crippen LogP contribution in [-0.4, -0.2) is 41.6 Å². The lowest BCUT2D eigenvalue weighted by atomic mass is 10.2. The molecular weight excluding hydrogens is 372 g/mol. The standard InChI is InChI=1S/C21H22N4O4/c1-29-16-8-6-15(7-9-16)20(27)23-12-11-22-19(26)10-13-25-14-24-18-5-3-2-4-17(18)21(25)28/h2-9,14H,10-13H2,1H3,(H,22,26)(H,23,27). The number of para-hydroxylation sites is 1. The minimum absolute atomic E-state index is 0.145. The molecule has 0 unspecified atom stereocenters. The van der Waals surface area contributed by atoms with Crippen LogP contribution in [0.4, 0.5) is 0 Å². The molecule has 150 valence electrons. The molecule has 8 nitrogen and oxygen atoms in total. The predicted octanol–water partition coefficient (Wildman–Crippen LogP) is 1.34.